The van der Waals surface area contributed by atoms with Crippen molar-refractivity contribution in [3.05, 3.63) is 0 Å². The molecule has 2 unspecified atom stereocenters. The molecule has 0 amide bonds. The van der Waals surface area contributed by atoms with Gasteiger partial charge in [0.15, 0.2) is 0 Å². The first-order chi connectivity index (χ1) is 6.72. The van der Waals surface area contributed by atoms with Gasteiger partial charge >= 0.3 is 0 Å². The van der Waals surface area contributed by atoms with Crippen LogP contribution in [0.15, 0.2) is 4.99 Å². The first-order valence-corrected chi connectivity index (χ1v) is 4.95. The molecule has 1 saturated heterocycles. The molecule has 1 fully saturated rings. The van der Waals surface area contributed by atoms with Crippen molar-refractivity contribution in [2.75, 3.05) is 20.7 Å². The van der Waals surface area contributed by atoms with Gasteiger partial charge in [0.2, 0.25) is 5.96 Å². The van der Waals surface area contributed by atoms with Crippen molar-refractivity contribution in [3.8, 4) is 0 Å². The number of hydrogen-bond acceptors (Lipinski definition) is 3. The van der Waals surface area contributed by atoms with Gasteiger partial charge in [-0.05, 0) is 19.8 Å². The third-order valence-electron chi connectivity index (χ3n) is 2.77. The molecule has 5 heteroatoms. The zero-order valence-electron chi connectivity index (χ0n) is 9.16. The van der Waals surface area contributed by atoms with E-state index in [4.69, 9.17) is 10.6 Å². The van der Waals surface area contributed by atoms with Crippen molar-refractivity contribution in [2.45, 2.75) is 31.9 Å². The van der Waals surface area contributed by atoms with Gasteiger partial charge in [-0.25, -0.2) is 5.84 Å². The minimum Gasteiger partial charge on any atom is -0.381 e. The highest BCUT2D eigenvalue weighted by Crippen LogP contribution is 2.18. The zero-order chi connectivity index (χ0) is 10.6. The summed E-state index contributed by atoms with van der Waals surface area (Å²) in [5.74, 6) is 6.15. The van der Waals surface area contributed by atoms with Crippen molar-refractivity contribution >= 4 is 5.96 Å². The Morgan fingerprint density at radius 3 is 2.79 bits per heavy atom. The first kappa shape index (κ1) is 11.3. The van der Waals surface area contributed by atoms with Crippen molar-refractivity contribution in [2.24, 2.45) is 10.8 Å². The monoisotopic (exact) mass is 200 g/mol. The summed E-state index contributed by atoms with van der Waals surface area (Å²) >= 11 is 0. The molecule has 1 rings (SSSR count). The third kappa shape index (κ3) is 2.36. The molecule has 2 atom stereocenters. The number of likely N-dealkylation sites (tertiary alicyclic amines) is 1. The van der Waals surface area contributed by atoms with E-state index in [1.807, 2.05) is 0 Å². The minimum atomic E-state index is 0.372. The van der Waals surface area contributed by atoms with Crippen LogP contribution in [0.1, 0.15) is 19.8 Å². The Labute approximate surface area is 85.3 Å². The summed E-state index contributed by atoms with van der Waals surface area (Å²) in [5, 5.41) is 0. The Balaban J connectivity index is 2.57. The molecule has 0 aliphatic carbocycles. The molecule has 0 spiro atoms. The van der Waals surface area contributed by atoms with Crippen LogP contribution in [0.3, 0.4) is 0 Å². The topological polar surface area (TPSA) is 62.9 Å². The van der Waals surface area contributed by atoms with Gasteiger partial charge in [-0.15, -0.1) is 0 Å². The molecule has 1 aliphatic rings. The van der Waals surface area contributed by atoms with Crippen molar-refractivity contribution < 1.29 is 4.74 Å². The molecular formula is C9H20N4O. The van der Waals surface area contributed by atoms with E-state index in [0.29, 0.717) is 12.1 Å². The predicted molar refractivity (Wildman–Crippen MR) is 56.9 cm³/mol. The molecule has 1 aliphatic heterocycles. The number of aliphatic imine (C=N–C) groups is 1. The molecular weight excluding hydrogens is 180 g/mol. The Kier molecular flexibility index (Phi) is 4.16. The maximum Gasteiger partial charge on any atom is 0.208 e. The van der Waals surface area contributed by atoms with Crippen LogP contribution in [0.25, 0.3) is 0 Å². The summed E-state index contributed by atoms with van der Waals surface area (Å²) in [6.07, 6.45) is 2.43. The van der Waals surface area contributed by atoms with Crippen molar-refractivity contribution in [1.29, 1.82) is 0 Å². The SMILES string of the molecule is CN=C(NN)N1CCC(OC)CC1C. The van der Waals surface area contributed by atoms with Crippen LogP contribution in [0.5, 0.6) is 0 Å². The molecule has 0 aromatic rings. The van der Waals surface area contributed by atoms with Gasteiger partial charge in [-0.3, -0.25) is 10.4 Å². The van der Waals surface area contributed by atoms with E-state index in [-0.39, 0.29) is 0 Å². The van der Waals surface area contributed by atoms with Crippen LogP contribution in [0.4, 0.5) is 0 Å². The lowest BCUT2D eigenvalue weighted by atomic mass is 10.0. The lowest BCUT2D eigenvalue weighted by molar-refractivity contribution is 0.0375. The maximum atomic E-state index is 5.39. The number of hydrazine groups is 1. The van der Waals surface area contributed by atoms with Crippen LogP contribution in [-0.2, 0) is 4.74 Å². The second-order valence-electron chi connectivity index (χ2n) is 3.62. The first-order valence-electron chi connectivity index (χ1n) is 4.95. The van der Waals surface area contributed by atoms with E-state index in [9.17, 15) is 0 Å². The fraction of sp³-hybridized carbons (Fsp3) is 0.889. The molecule has 1 heterocycles. The highest BCUT2D eigenvalue weighted by molar-refractivity contribution is 5.79. The molecule has 0 radical (unpaired) electrons. The van der Waals surface area contributed by atoms with Crippen LogP contribution in [-0.4, -0.2) is 43.7 Å². The molecule has 0 bridgehead atoms. The number of nitrogens with zero attached hydrogens (tertiary/aromatic N) is 2. The number of piperidine rings is 1. The van der Waals surface area contributed by atoms with E-state index in [1.165, 1.54) is 0 Å². The Bertz CT molecular complexity index is 207. The number of guanidine groups is 1. The van der Waals surface area contributed by atoms with E-state index in [1.54, 1.807) is 14.2 Å². The van der Waals surface area contributed by atoms with Crippen LogP contribution in [0.2, 0.25) is 0 Å². The summed E-state index contributed by atoms with van der Waals surface area (Å²) in [5.41, 5.74) is 2.62. The number of nitrogens with two attached hydrogens (primary N) is 1. The molecule has 0 aromatic heterocycles. The largest absolute Gasteiger partial charge is 0.381 e. The molecule has 82 valence electrons. The average molecular weight is 200 g/mol. The Morgan fingerprint density at radius 2 is 2.36 bits per heavy atom. The number of rotatable bonds is 1. The van der Waals surface area contributed by atoms with Gasteiger partial charge in [0.25, 0.3) is 0 Å². The molecule has 5 nitrogen and oxygen atoms in total. The number of hydrogen-bond donors (Lipinski definition) is 2. The smallest absolute Gasteiger partial charge is 0.208 e. The van der Waals surface area contributed by atoms with Gasteiger partial charge < -0.3 is 9.64 Å². The summed E-state index contributed by atoms with van der Waals surface area (Å²) in [6.45, 7) is 3.10. The molecule has 0 saturated carbocycles. The Hall–Kier alpha value is -0.810. The lowest BCUT2D eigenvalue weighted by Crippen LogP contribution is -2.53. The second kappa shape index (κ2) is 5.17. The second-order valence-corrected chi connectivity index (χ2v) is 3.62. The highest BCUT2D eigenvalue weighted by atomic mass is 16.5. The summed E-state index contributed by atoms with van der Waals surface area (Å²) < 4.78 is 5.34. The van der Waals surface area contributed by atoms with Crippen LogP contribution < -0.4 is 11.3 Å². The lowest BCUT2D eigenvalue weighted by Gasteiger charge is -2.38. The van der Waals surface area contributed by atoms with E-state index in [2.05, 4.69) is 22.2 Å². The summed E-state index contributed by atoms with van der Waals surface area (Å²) in [7, 11) is 3.51. The van der Waals surface area contributed by atoms with Crippen molar-refractivity contribution in [1.82, 2.24) is 10.3 Å². The van der Waals surface area contributed by atoms with Crippen LogP contribution >= 0.6 is 0 Å². The summed E-state index contributed by atoms with van der Waals surface area (Å²) in [4.78, 5) is 6.27. The third-order valence-corrected chi connectivity index (χ3v) is 2.77. The number of ether oxygens (including phenoxy) is 1. The van der Waals surface area contributed by atoms with Gasteiger partial charge in [-0.2, -0.15) is 0 Å². The minimum absolute atomic E-state index is 0.372. The van der Waals surface area contributed by atoms with Crippen LogP contribution in [0, 0.1) is 0 Å². The van der Waals surface area contributed by atoms with E-state index < -0.39 is 0 Å². The highest BCUT2D eigenvalue weighted by Gasteiger charge is 2.26. The molecule has 14 heavy (non-hydrogen) atoms. The quantitative estimate of drug-likeness (QED) is 0.269. The average Bonchev–Trinajstić information content (AvgIpc) is 2.22. The fourth-order valence-corrected chi connectivity index (χ4v) is 1.93. The van der Waals surface area contributed by atoms with E-state index in [0.717, 1.165) is 25.3 Å². The normalized spacial score (nSPS) is 29.1. The standard InChI is InChI=1S/C9H20N4O/c1-7-6-8(14-3)4-5-13(7)9(11-2)12-10/h7-8H,4-6,10H2,1-3H3,(H,11,12). The zero-order valence-corrected chi connectivity index (χ0v) is 9.16. The molecule has 3 N–H and O–H groups in total. The number of methoxy groups -OCH3 is 1. The van der Waals surface area contributed by atoms with Crippen molar-refractivity contribution in [3.63, 3.8) is 0 Å². The predicted octanol–water partition coefficient (Wildman–Crippen LogP) is -0.0652. The summed E-state index contributed by atoms with van der Waals surface area (Å²) in [6, 6.07) is 0.420. The van der Waals surface area contributed by atoms with Gasteiger partial charge in [0, 0.05) is 26.7 Å². The van der Waals surface area contributed by atoms with Gasteiger partial charge in [0.05, 0.1) is 6.10 Å². The van der Waals surface area contributed by atoms with Gasteiger partial charge in [0.1, 0.15) is 0 Å². The fourth-order valence-electron chi connectivity index (χ4n) is 1.93. The number of nitrogens with one attached hydrogen (secondary N) is 1. The van der Waals surface area contributed by atoms with Gasteiger partial charge in [-0.1, -0.05) is 0 Å². The maximum absolute atomic E-state index is 5.39. The van der Waals surface area contributed by atoms with E-state index >= 15 is 0 Å². The molecule has 0 aromatic carbocycles. The Morgan fingerprint density at radius 1 is 1.64 bits per heavy atom.